The topological polar surface area (TPSA) is 96.6 Å². The van der Waals surface area contributed by atoms with E-state index in [0.29, 0.717) is 31.2 Å². The Morgan fingerprint density at radius 1 is 1.31 bits per heavy atom. The number of carbonyl (C=O) groups excluding carboxylic acids is 1. The SMILES string of the molecule is CC(=O)N1CCc2ccc(S(=O)(=O)N3CCC[C@H](c4ncno4)C3)cc21. The molecular formula is C17H20N4O4S. The van der Waals surface area contributed by atoms with Crippen molar-refractivity contribution in [3.8, 4) is 0 Å². The van der Waals surface area contributed by atoms with Crippen molar-refractivity contribution in [3.63, 3.8) is 0 Å². The molecule has 26 heavy (non-hydrogen) atoms. The van der Waals surface area contributed by atoms with Gasteiger partial charge in [-0.05, 0) is 37.0 Å². The van der Waals surface area contributed by atoms with Crippen molar-refractivity contribution in [2.75, 3.05) is 24.5 Å². The van der Waals surface area contributed by atoms with E-state index in [9.17, 15) is 13.2 Å². The van der Waals surface area contributed by atoms with Crippen LogP contribution in [-0.4, -0.2) is 48.4 Å². The van der Waals surface area contributed by atoms with Crippen LogP contribution in [-0.2, 0) is 21.2 Å². The predicted molar refractivity (Wildman–Crippen MR) is 93.2 cm³/mol. The first-order chi connectivity index (χ1) is 12.5. The Morgan fingerprint density at radius 3 is 2.88 bits per heavy atom. The van der Waals surface area contributed by atoms with Gasteiger partial charge in [-0.3, -0.25) is 4.79 Å². The molecule has 1 aromatic heterocycles. The van der Waals surface area contributed by atoms with Gasteiger partial charge >= 0.3 is 0 Å². The molecule has 0 bridgehead atoms. The van der Waals surface area contributed by atoms with Crippen LogP contribution in [0.4, 0.5) is 5.69 Å². The van der Waals surface area contributed by atoms with Crippen LogP contribution in [0.5, 0.6) is 0 Å². The second-order valence-electron chi connectivity index (χ2n) is 6.69. The van der Waals surface area contributed by atoms with Gasteiger partial charge in [-0.25, -0.2) is 8.42 Å². The number of amides is 1. The van der Waals surface area contributed by atoms with E-state index >= 15 is 0 Å². The number of fused-ring (bicyclic) bond motifs is 1. The van der Waals surface area contributed by atoms with Crippen LogP contribution in [0, 0.1) is 0 Å². The normalized spacial score (nSPS) is 21.0. The minimum atomic E-state index is -3.65. The van der Waals surface area contributed by atoms with Crippen LogP contribution in [0.15, 0.2) is 33.9 Å². The zero-order valence-corrected chi connectivity index (χ0v) is 15.3. The number of carbonyl (C=O) groups is 1. The summed E-state index contributed by atoms with van der Waals surface area (Å²) in [4.78, 5) is 17.7. The standard InChI is InChI=1S/C17H20N4O4S/c1-12(22)21-8-6-13-4-5-15(9-16(13)21)26(23,24)20-7-2-3-14(10-20)17-18-11-19-25-17/h4-5,9,11,14H,2-3,6-8,10H2,1H3/t14-/m0/s1. The molecule has 1 aromatic carbocycles. The van der Waals surface area contributed by atoms with Crippen molar-refractivity contribution in [2.24, 2.45) is 0 Å². The molecule has 0 aliphatic carbocycles. The maximum Gasteiger partial charge on any atom is 0.243 e. The Balaban J connectivity index is 1.63. The molecule has 2 aliphatic rings. The van der Waals surface area contributed by atoms with Crippen molar-refractivity contribution >= 4 is 21.6 Å². The first-order valence-electron chi connectivity index (χ1n) is 8.64. The summed E-state index contributed by atoms with van der Waals surface area (Å²) in [5.41, 5.74) is 1.70. The zero-order chi connectivity index (χ0) is 18.3. The maximum absolute atomic E-state index is 13.1. The second kappa shape index (κ2) is 6.48. The number of hydrogen-bond donors (Lipinski definition) is 0. The summed E-state index contributed by atoms with van der Waals surface area (Å²) in [7, 11) is -3.65. The van der Waals surface area contributed by atoms with E-state index < -0.39 is 10.0 Å². The van der Waals surface area contributed by atoms with Crippen molar-refractivity contribution < 1.29 is 17.7 Å². The maximum atomic E-state index is 13.1. The predicted octanol–water partition coefficient (Wildman–Crippen LogP) is 1.55. The summed E-state index contributed by atoms with van der Waals surface area (Å²) in [6, 6.07) is 5.06. The van der Waals surface area contributed by atoms with Crippen molar-refractivity contribution in [2.45, 2.75) is 37.0 Å². The van der Waals surface area contributed by atoms with Crippen LogP contribution < -0.4 is 4.90 Å². The monoisotopic (exact) mass is 376 g/mol. The third-order valence-electron chi connectivity index (χ3n) is 5.08. The average molecular weight is 376 g/mol. The van der Waals surface area contributed by atoms with E-state index in [0.717, 1.165) is 24.8 Å². The highest BCUT2D eigenvalue weighted by molar-refractivity contribution is 7.89. The minimum absolute atomic E-state index is 0.0762. The molecular weight excluding hydrogens is 356 g/mol. The molecule has 0 saturated carbocycles. The van der Waals surface area contributed by atoms with Crippen LogP contribution in [0.3, 0.4) is 0 Å². The number of benzene rings is 1. The summed E-state index contributed by atoms with van der Waals surface area (Å²) in [6.07, 6.45) is 3.63. The molecule has 9 heteroatoms. The minimum Gasteiger partial charge on any atom is -0.339 e. The fourth-order valence-electron chi connectivity index (χ4n) is 3.72. The molecule has 1 atom stereocenters. The van der Waals surface area contributed by atoms with Gasteiger partial charge in [-0.15, -0.1) is 0 Å². The van der Waals surface area contributed by atoms with Crippen molar-refractivity contribution in [3.05, 3.63) is 36.0 Å². The molecule has 0 spiro atoms. The Hall–Kier alpha value is -2.26. The molecule has 1 fully saturated rings. The first kappa shape index (κ1) is 17.2. The molecule has 0 radical (unpaired) electrons. The van der Waals surface area contributed by atoms with E-state index in [1.54, 1.807) is 17.0 Å². The molecule has 2 aromatic rings. The van der Waals surface area contributed by atoms with Crippen LogP contribution >= 0.6 is 0 Å². The molecule has 1 saturated heterocycles. The Bertz CT molecular complexity index is 926. The number of sulfonamides is 1. The van der Waals surface area contributed by atoms with E-state index in [4.69, 9.17) is 4.52 Å². The molecule has 8 nitrogen and oxygen atoms in total. The van der Waals surface area contributed by atoms with Crippen molar-refractivity contribution in [1.82, 2.24) is 14.4 Å². The van der Waals surface area contributed by atoms with E-state index in [2.05, 4.69) is 10.1 Å². The molecule has 4 rings (SSSR count). The summed E-state index contributed by atoms with van der Waals surface area (Å²) in [6.45, 7) is 2.87. The molecule has 0 N–H and O–H groups in total. The lowest BCUT2D eigenvalue weighted by atomic mass is 10.00. The fourth-order valence-corrected chi connectivity index (χ4v) is 5.26. The van der Waals surface area contributed by atoms with E-state index in [-0.39, 0.29) is 16.7 Å². The van der Waals surface area contributed by atoms with Gasteiger partial charge in [0.25, 0.3) is 0 Å². The van der Waals surface area contributed by atoms with Gasteiger partial charge < -0.3 is 9.42 Å². The number of anilines is 1. The average Bonchev–Trinajstić information content (AvgIpc) is 3.31. The highest BCUT2D eigenvalue weighted by atomic mass is 32.2. The number of aromatic nitrogens is 2. The fraction of sp³-hybridized carbons (Fsp3) is 0.471. The smallest absolute Gasteiger partial charge is 0.243 e. The van der Waals surface area contributed by atoms with Crippen LogP contribution in [0.25, 0.3) is 0 Å². The summed E-state index contributed by atoms with van der Waals surface area (Å²) in [5, 5.41) is 3.62. The van der Waals surface area contributed by atoms with Gasteiger partial charge in [0, 0.05) is 32.2 Å². The highest BCUT2D eigenvalue weighted by Crippen LogP contribution is 2.33. The molecule has 2 aliphatic heterocycles. The second-order valence-corrected chi connectivity index (χ2v) is 8.63. The van der Waals surface area contributed by atoms with Gasteiger partial charge in [-0.1, -0.05) is 11.2 Å². The van der Waals surface area contributed by atoms with Gasteiger partial charge in [-0.2, -0.15) is 9.29 Å². The molecule has 0 unspecified atom stereocenters. The third kappa shape index (κ3) is 2.90. The Kier molecular flexibility index (Phi) is 4.28. The molecule has 138 valence electrons. The number of nitrogens with zero attached hydrogens (tertiary/aromatic N) is 4. The van der Waals surface area contributed by atoms with Gasteiger partial charge in [0.2, 0.25) is 21.8 Å². The quantitative estimate of drug-likeness (QED) is 0.806. The Morgan fingerprint density at radius 2 is 2.15 bits per heavy atom. The van der Waals surface area contributed by atoms with Gasteiger partial charge in [0.05, 0.1) is 10.8 Å². The highest BCUT2D eigenvalue weighted by Gasteiger charge is 2.34. The van der Waals surface area contributed by atoms with Gasteiger partial charge in [0.1, 0.15) is 0 Å². The van der Waals surface area contributed by atoms with E-state index in [1.807, 2.05) is 6.07 Å². The zero-order valence-electron chi connectivity index (χ0n) is 14.5. The number of rotatable bonds is 3. The summed E-state index contributed by atoms with van der Waals surface area (Å²) in [5.74, 6) is 0.304. The summed E-state index contributed by atoms with van der Waals surface area (Å²) >= 11 is 0. The van der Waals surface area contributed by atoms with Crippen molar-refractivity contribution in [1.29, 1.82) is 0 Å². The molecule has 3 heterocycles. The Labute approximate surface area is 151 Å². The first-order valence-corrected chi connectivity index (χ1v) is 10.1. The number of hydrogen-bond acceptors (Lipinski definition) is 6. The number of piperidine rings is 1. The van der Waals surface area contributed by atoms with Crippen LogP contribution in [0.2, 0.25) is 0 Å². The largest absolute Gasteiger partial charge is 0.339 e. The lowest BCUT2D eigenvalue weighted by molar-refractivity contribution is -0.116. The lowest BCUT2D eigenvalue weighted by Gasteiger charge is -2.30. The lowest BCUT2D eigenvalue weighted by Crippen LogP contribution is -2.39. The summed E-state index contributed by atoms with van der Waals surface area (Å²) < 4.78 is 32.9. The van der Waals surface area contributed by atoms with Gasteiger partial charge in [0.15, 0.2) is 6.33 Å². The third-order valence-corrected chi connectivity index (χ3v) is 6.94. The van der Waals surface area contributed by atoms with Crippen LogP contribution in [0.1, 0.15) is 37.1 Å². The molecule has 1 amide bonds. The van der Waals surface area contributed by atoms with E-state index in [1.165, 1.54) is 17.6 Å².